The molecule has 1 aromatic heterocycles. The van der Waals surface area contributed by atoms with Gasteiger partial charge >= 0.3 is 0 Å². The van der Waals surface area contributed by atoms with Gasteiger partial charge in [-0.25, -0.2) is 4.98 Å². The third kappa shape index (κ3) is 6.37. The van der Waals surface area contributed by atoms with Gasteiger partial charge in [0.05, 0.1) is 30.0 Å². The first-order valence-corrected chi connectivity index (χ1v) is 11.4. The van der Waals surface area contributed by atoms with Crippen LogP contribution >= 0.6 is 11.3 Å². The van der Waals surface area contributed by atoms with Gasteiger partial charge in [0.1, 0.15) is 6.10 Å². The number of ether oxygens (including phenoxy) is 2. The van der Waals surface area contributed by atoms with Gasteiger partial charge in [0.25, 0.3) is 5.19 Å². The van der Waals surface area contributed by atoms with Gasteiger partial charge in [0.15, 0.2) is 0 Å². The number of nitrogens with zero attached hydrogens (tertiary/aromatic N) is 2. The molecule has 1 fully saturated rings. The lowest BCUT2D eigenvalue weighted by molar-refractivity contribution is 0.0728. The van der Waals surface area contributed by atoms with Gasteiger partial charge in [-0.1, -0.05) is 41.2 Å². The molecule has 29 heavy (non-hydrogen) atoms. The molecule has 6 heteroatoms. The monoisotopic (exact) mass is 414 g/mol. The summed E-state index contributed by atoms with van der Waals surface area (Å²) in [6.45, 7) is 4.39. The molecule has 2 aliphatic rings. The second kappa shape index (κ2) is 10.3. The second-order valence-corrected chi connectivity index (χ2v) is 8.80. The minimum atomic E-state index is 0.0637. The third-order valence-corrected chi connectivity index (χ3v) is 6.31. The number of hydrogen-bond acceptors (Lipinski definition) is 6. The molecule has 1 heterocycles. The predicted octanol–water partition coefficient (Wildman–Crippen LogP) is 4.04. The molecule has 0 bridgehead atoms. The van der Waals surface area contributed by atoms with E-state index in [-0.39, 0.29) is 12.7 Å². The van der Waals surface area contributed by atoms with Gasteiger partial charge < -0.3 is 19.5 Å². The molecule has 1 saturated carbocycles. The standard InChI is InChI=1S/C23H30N2O3S/c26-14-16-27-15-13-25(17-19-5-6-19)12-11-18-7-9-20(10-8-18)28-23-24-21-3-1-2-4-22(21)29-23/h1-4,7-9,19-20,26H,5-6,10-17H2. The van der Waals surface area contributed by atoms with Crippen LogP contribution in [0.1, 0.15) is 25.7 Å². The van der Waals surface area contributed by atoms with Crippen LogP contribution in [0.25, 0.3) is 10.2 Å². The van der Waals surface area contributed by atoms with E-state index < -0.39 is 0 Å². The Morgan fingerprint density at radius 1 is 1.17 bits per heavy atom. The third-order valence-electron chi connectivity index (χ3n) is 5.38. The van der Waals surface area contributed by atoms with E-state index in [1.807, 2.05) is 18.2 Å². The summed E-state index contributed by atoms with van der Waals surface area (Å²) >= 11 is 1.61. The van der Waals surface area contributed by atoms with Crippen LogP contribution in [0.5, 0.6) is 5.19 Å². The summed E-state index contributed by atoms with van der Waals surface area (Å²) in [5.74, 6) is 0.871. The number of hydrogen-bond donors (Lipinski definition) is 1. The minimum absolute atomic E-state index is 0.0637. The average Bonchev–Trinajstić information content (AvgIpc) is 3.46. The molecule has 0 spiro atoms. The van der Waals surface area contributed by atoms with Crippen molar-refractivity contribution >= 4 is 21.6 Å². The zero-order chi connectivity index (χ0) is 19.9. The van der Waals surface area contributed by atoms with E-state index in [0.29, 0.717) is 13.2 Å². The summed E-state index contributed by atoms with van der Waals surface area (Å²) in [6, 6.07) is 8.14. The number of aliphatic hydroxyl groups excluding tert-OH is 1. The molecule has 4 rings (SSSR count). The van der Waals surface area contributed by atoms with Crippen LogP contribution in [0.4, 0.5) is 0 Å². The molecule has 1 unspecified atom stereocenters. The van der Waals surface area contributed by atoms with Crippen molar-refractivity contribution in [2.45, 2.75) is 31.8 Å². The zero-order valence-corrected chi connectivity index (χ0v) is 17.7. The molecule has 156 valence electrons. The van der Waals surface area contributed by atoms with Gasteiger partial charge in [-0.3, -0.25) is 0 Å². The van der Waals surface area contributed by atoms with Crippen molar-refractivity contribution in [3.05, 3.63) is 48.1 Å². The van der Waals surface area contributed by atoms with Crippen LogP contribution in [0.3, 0.4) is 0 Å². The Labute approximate surface area is 176 Å². The number of benzene rings is 1. The summed E-state index contributed by atoms with van der Waals surface area (Å²) < 4.78 is 12.7. The number of allylic oxidation sites excluding steroid dienone is 1. The highest BCUT2D eigenvalue weighted by molar-refractivity contribution is 7.20. The Kier molecular flexibility index (Phi) is 7.33. The fraction of sp³-hybridized carbons (Fsp3) is 0.522. The van der Waals surface area contributed by atoms with Crippen molar-refractivity contribution < 1.29 is 14.6 Å². The van der Waals surface area contributed by atoms with Gasteiger partial charge in [-0.2, -0.15) is 0 Å². The smallest absolute Gasteiger partial charge is 0.274 e. The lowest BCUT2D eigenvalue weighted by Gasteiger charge is -2.23. The molecule has 0 radical (unpaired) electrons. The number of thiazole rings is 1. The fourth-order valence-corrected chi connectivity index (χ4v) is 4.42. The number of aliphatic hydroxyl groups is 1. The van der Waals surface area contributed by atoms with Gasteiger partial charge in [-0.15, -0.1) is 0 Å². The zero-order valence-electron chi connectivity index (χ0n) is 16.8. The van der Waals surface area contributed by atoms with Crippen LogP contribution < -0.4 is 4.74 Å². The Hall–Kier alpha value is -1.73. The van der Waals surface area contributed by atoms with E-state index in [9.17, 15) is 0 Å². The van der Waals surface area contributed by atoms with Crippen LogP contribution in [0.15, 0.2) is 48.1 Å². The van der Waals surface area contributed by atoms with Gasteiger partial charge in [0.2, 0.25) is 0 Å². The quantitative estimate of drug-likeness (QED) is 0.531. The maximum absolute atomic E-state index is 8.84. The molecule has 1 aromatic carbocycles. The summed E-state index contributed by atoms with van der Waals surface area (Å²) in [5, 5.41) is 9.59. The molecule has 0 saturated heterocycles. The van der Waals surface area contributed by atoms with Gasteiger partial charge in [0, 0.05) is 26.1 Å². The predicted molar refractivity (Wildman–Crippen MR) is 118 cm³/mol. The van der Waals surface area contributed by atoms with Crippen molar-refractivity contribution in [2.24, 2.45) is 5.92 Å². The van der Waals surface area contributed by atoms with Gasteiger partial charge in [-0.05, 0) is 43.4 Å². The number of aromatic nitrogens is 1. The van der Waals surface area contributed by atoms with E-state index in [0.717, 1.165) is 47.3 Å². The summed E-state index contributed by atoms with van der Waals surface area (Å²) in [6.07, 6.45) is 11.4. The molecule has 5 nitrogen and oxygen atoms in total. The Morgan fingerprint density at radius 3 is 2.83 bits per heavy atom. The lowest BCUT2D eigenvalue weighted by Crippen LogP contribution is -2.31. The average molecular weight is 415 g/mol. The Balaban J connectivity index is 1.22. The molecule has 2 aromatic rings. The molecule has 0 aliphatic heterocycles. The van der Waals surface area contributed by atoms with E-state index in [2.05, 4.69) is 34.2 Å². The molecule has 1 N–H and O–H groups in total. The highest BCUT2D eigenvalue weighted by Crippen LogP contribution is 2.31. The number of para-hydroxylation sites is 1. The summed E-state index contributed by atoms with van der Waals surface area (Å²) in [5.41, 5.74) is 2.38. The van der Waals surface area contributed by atoms with Crippen molar-refractivity contribution in [2.75, 3.05) is 39.5 Å². The second-order valence-electron chi connectivity index (χ2n) is 7.81. The van der Waals surface area contributed by atoms with Crippen LogP contribution in [0, 0.1) is 5.92 Å². The van der Waals surface area contributed by atoms with Crippen molar-refractivity contribution in [1.82, 2.24) is 9.88 Å². The Bertz CT molecular complexity index is 811. The lowest BCUT2D eigenvalue weighted by atomic mass is 10.0. The maximum Gasteiger partial charge on any atom is 0.274 e. The van der Waals surface area contributed by atoms with E-state index in [4.69, 9.17) is 14.6 Å². The normalized spacial score (nSPS) is 19.1. The largest absolute Gasteiger partial charge is 0.462 e. The number of fused-ring (bicyclic) bond motifs is 1. The van der Waals surface area contributed by atoms with E-state index in [1.165, 1.54) is 25.0 Å². The van der Waals surface area contributed by atoms with Crippen LogP contribution in [-0.2, 0) is 4.74 Å². The first-order valence-electron chi connectivity index (χ1n) is 10.6. The minimum Gasteiger partial charge on any atom is -0.462 e. The maximum atomic E-state index is 8.84. The van der Waals surface area contributed by atoms with E-state index >= 15 is 0 Å². The van der Waals surface area contributed by atoms with Crippen molar-refractivity contribution in [3.8, 4) is 5.19 Å². The van der Waals surface area contributed by atoms with Crippen LogP contribution in [0.2, 0.25) is 0 Å². The highest BCUT2D eigenvalue weighted by Gasteiger charge is 2.24. The molecule has 0 amide bonds. The highest BCUT2D eigenvalue weighted by atomic mass is 32.1. The molecule has 2 aliphatic carbocycles. The van der Waals surface area contributed by atoms with Crippen molar-refractivity contribution in [1.29, 1.82) is 0 Å². The molecule has 1 atom stereocenters. The molecular weight excluding hydrogens is 384 g/mol. The summed E-state index contributed by atoms with van der Waals surface area (Å²) in [4.78, 5) is 7.08. The fourth-order valence-electron chi connectivity index (χ4n) is 3.56. The number of rotatable bonds is 12. The summed E-state index contributed by atoms with van der Waals surface area (Å²) in [7, 11) is 0. The van der Waals surface area contributed by atoms with Crippen LogP contribution in [-0.4, -0.2) is 60.5 Å². The van der Waals surface area contributed by atoms with E-state index in [1.54, 1.807) is 11.3 Å². The first-order chi connectivity index (χ1) is 14.3. The SMILES string of the molecule is OCCOCCN(CCC1=CCC(Oc2nc3ccccc3s2)C=C1)CC1CC1. The topological polar surface area (TPSA) is 54.8 Å². The molecular formula is C23H30N2O3S. The Morgan fingerprint density at radius 2 is 2.07 bits per heavy atom. The van der Waals surface area contributed by atoms with Crippen molar-refractivity contribution in [3.63, 3.8) is 0 Å². The first kappa shape index (κ1) is 20.5.